The second-order valence-electron chi connectivity index (χ2n) is 6.33. The molecule has 1 aromatic carbocycles. The van der Waals surface area contributed by atoms with E-state index in [4.69, 9.17) is 9.29 Å². The normalized spacial score (nSPS) is 14.7. The first kappa shape index (κ1) is 23.0. The number of ether oxygens (including phenoxy) is 1. The van der Waals surface area contributed by atoms with Crippen molar-refractivity contribution in [3.63, 3.8) is 0 Å². The monoisotopic (exact) mass is 406 g/mol. The van der Waals surface area contributed by atoms with Gasteiger partial charge in [-0.15, -0.1) is 0 Å². The van der Waals surface area contributed by atoms with Gasteiger partial charge in [0.25, 0.3) is 10.1 Å². The van der Waals surface area contributed by atoms with Crippen molar-refractivity contribution in [1.29, 1.82) is 0 Å². The van der Waals surface area contributed by atoms with Crippen LogP contribution in [0.15, 0.2) is 42.0 Å². The lowest BCUT2D eigenvalue weighted by atomic mass is 10.1. The Morgan fingerprint density at radius 3 is 2.31 bits per heavy atom. The number of hydrogen-bond donors (Lipinski definition) is 3. The van der Waals surface area contributed by atoms with Gasteiger partial charge in [-0.2, -0.15) is 8.42 Å². The lowest BCUT2D eigenvalue weighted by Crippen LogP contribution is -2.22. The maximum atomic E-state index is 11.4. The van der Waals surface area contributed by atoms with Gasteiger partial charge in [-0.05, 0) is 45.1 Å². The molecule has 1 aromatic rings. The average Bonchev–Trinajstić information content (AvgIpc) is 2.51. The van der Waals surface area contributed by atoms with Gasteiger partial charge >= 0.3 is 7.60 Å². The van der Waals surface area contributed by atoms with Crippen molar-refractivity contribution in [2.45, 2.75) is 50.6 Å². The van der Waals surface area contributed by atoms with Crippen molar-refractivity contribution in [3.05, 3.63) is 47.5 Å². The number of unbranched alkanes of at least 4 members (excludes halogenated alkanes) is 1. The van der Waals surface area contributed by atoms with E-state index in [1.165, 1.54) is 5.57 Å². The van der Waals surface area contributed by atoms with Gasteiger partial charge in [0.2, 0.25) is 0 Å². The first-order chi connectivity index (χ1) is 12.0. The molecule has 9 heteroatoms. The zero-order valence-corrected chi connectivity index (χ0v) is 16.7. The van der Waals surface area contributed by atoms with E-state index in [0.717, 1.165) is 18.4 Å². The van der Waals surface area contributed by atoms with Gasteiger partial charge in [0.05, 0.1) is 6.10 Å². The van der Waals surface area contributed by atoms with Crippen LogP contribution < -0.4 is 0 Å². The van der Waals surface area contributed by atoms with Crippen LogP contribution in [0.25, 0.3) is 0 Å². The van der Waals surface area contributed by atoms with Crippen LogP contribution >= 0.6 is 7.60 Å². The van der Waals surface area contributed by atoms with E-state index in [9.17, 15) is 22.8 Å². The van der Waals surface area contributed by atoms with Gasteiger partial charge in [-0.3, -0.25) is 9.12 Å². The Hall–Kier alpha value is -1.02. The molecule has 0 heterocycles. The minimum atomic E-state index is -4.99. The fourth-order valence-electron chi connectivity index (χ4n) is 2.50. The summed E-state index contributed by atoms with van der Waals surface area (Å²) in [6, 6.07) is 9.05. The summed E-state index contributed by atoms with van der Waals surface area (Å²) in [4.78, 5) is 16.3. The molecular formula is C17H27O7PS. The van der Waals surface area contributed by atoms with Crippen LogP contribution in [0.5, 0.6) is 0 Å². The average molecular weight is 406 g/mol. The number of rotatable bonds is 11. The summed E-state index contributed by atoms with van der Waals surface area (Å²) in [5.74, 6) is 0. The molecule has 0 fully saturated rings. The SMILES string of the molecule is CC(C)=CCCCOC(CCC(P(=O)(O)O)S(=O)(=O)O)c1ccccc1. The van der Waals surface area contributed by atoms with E-state index >= 15 is 0 Å². The summed E-state index contributed by atoms with van der Waals surface area (Å²) in [5.41, 5.74) is 2.00. The van der Waals surface area contributed by atoms with E-state index < -0.39 is 35.2 Å². The Kier molecular flexibility index (Phi) is 9.16. The molecule has 0 aliphatic carbocycles. The smallest absolute Gasteiger partial charge is 0.346 e. The second kappa shape index (κ2) is 10.3. The highest BCUT2D eigenvalue weighted by Gasteiger charge is 2.39. The quantitative estimate of drug-likeness (QED) is 0.222. The molecule has 3 N–H and O–H groups in total. The standard InChI is InChI=1S/C17H27O7PS/c1-14(2)8-6-7-13-24-16(15-9-4-3-5-10-15)11-12-17(25(18,19)20)26(21,22)23/h3-5,8-10,16-17H,6-7,11-13H2,1-2H3,(H2,18,19,20)(H,21,22,23). The van der Waals surface area contributed by atoms with E-state index in [1.54, 1.807) is 24.3 Å². The summed E-state index contributed by atoms with van der Waals surface area (Å²) in [6.07, 6.45) is 2.84. The second-order valence-corrected chi connectivity index (χ2v) is 10.1. The molecule has 0 aliphatic heterocycles. The van der Waals surface area contributed by atoms with E-state index in [-0.39, 0.29) is 6.42 Å². The van der Waals surface area contributed by atoms with Crippen LogP contribution in [0.3, 0.4) is 0 Å². The molecule has 7 nitrogen and oxygen atoms in total. The number of benzene rings is 1. The van der Waals surface area contributed by atoms with Crippen molar-refractivity contribution >= 4 is 17.7 Å². The maximum Gasteiger partial charge on any atom is 0.346 e. The molecule has 0 saturated carbocycles. The first-order valence-electron chi connectivity index (χ1n) is 8.33. The van der Waals surface area contributed by atoms with E-state index in [1.807, 2.05) is 19.9 Å². The van der Waals surface area contributed by atoms with Gasteiger partial charge in [0.15, 0.2) is 4.99 Å². The van der Waals surface area contributed by atoms with Gasteiger partial charge in [-0.25, -0.2) is 0 Å². The third kappa shape index (κ3) is 8.58. The Balaban J connectivity index is 2.79. The highest BCUT2D eigenvalue weighted by molar-refractivity contribution is 7.93. The van der Waals surface area contributed by atoms with Crippen molar-refractivity contribution in [3.8, 4) is 0 Å². The van der Waals surface area contributed by atoms with Crippen LogP contribution in [0.2, 0.25) is 0 Å². The zero-order chi connectivity index (χ0) is 19.8. The minimum absolute atomic E-state index is 0.0578. The lowest BCUT2D eigenvalue weighted by Gasteiger charge is -2.21. The van der Waals surface area contributed by atoms with Crippen molar-refractivity contribution < 1.29 is 32.1 Å². The molecule has 0 radical (unpaired) electrons. The van der Waals surface area contributed by atoms with Crippen LogP contribution in [-0.4, -0.2) is 34.4 Å². The number of hydrogen-bond acceptors (Lipinski definition) is 4. The van der Waals surface area contributed by atoms with Gasteiger partial charge < -0.3 is 14.5 Å². The highest BCUT2D eigenvalue weighted by atomic mass is 32.2. The molecule has 148 valence electrons. The molecule has 0 aliphatic rings. The maximum absolute atomic E-state index is 11.4. The topological polar surface area (TPSA) is 121 Å². The molecule has 0 amide bonds. The summed E-state index contributed by atoms with van der Waals surface area (Å²) in [5, 5.41) is 0. The van der Waals surface area contributed by atoms with Gasteiger partial charge in [0, 0.05) is 6.61 Å². The van der Waals surface area contributed by atoms with Crippen LogP contribution in [0.1, 0.15) is 51.2 Å². The Morgan fingerprint density at radius 2 is 1.81 bits per heavy atom. The van der Waals surface area contributed by atoms with Gasteiger partial charge in [0.1, 0.15) is 0 Å². The molecule has 0 spiro atoms. The predicted molar refractivity (Wildman–Crippen MR) is 100 cm³/mol. The Labute approximate surface area is 155 Å². The van der Waals surface area contributed by atoms with Crippen LogP contribution in [-0.2, 0) is 19.4 Å². The summed E-state index contributed by atoms with van der Waals surface area (Å²) in [6.45, 7) is 4.44. The molecular weight excluding hydrogens is 379 g/mol. The molecule has 2 atom stereocenters. The fourth-order valence-corrected chi connectivity index (χ4v) is 4.81. The van der Waals surface area contributed by atoms with Crippen LogP contribution in [0, 0.1) is 0 Å². The van der Waals surface area contributed by atoms with Crippen molar-refractivity contribution in [2.24, 2.45) is 0 Å². The van der Waals surface area contributed by atoms with E-state index in [2.05, 4.69) is 6.08 Å². The molecule has 0 saturated heterocycles. The zero-order valence-electron chi connectivity index (χ0n) is 15.0. The van der Waals surface area contributed by atoms with Gasteiger partial charge in [-0.1, -0.05) is 42.0 Å². The predicted octanol–water partition coefficient (Wildman–Crippen LogP) is 3.66. The first-order valence-corrected chi connectivity index (χ1v) is 11.5. The van der Waals surface area contributed by atoms with Crippen molar-refractivity contribution in [1.82, 2.24) is 0 Å². The van der Waals surface area contributed by atoms with E-state index in [0.29, 0.717) is 6.61 Å². The third-order valence-electron chi connectivity index (χ3n) is 3.79. The molecule has 0 aromatic heterocycles. The molecule has 2 unspecified atom stereocenters. The molecule has 26 heavy (non-hydrogen) atoms. The molecule has 1 rings (SSSR count). The van der Waals surface area contributed by atoms with Crippen molar-refractivity contribution in [2.75, 3.05) is 6.61 Å². The fraction of sp³-hybridized carbons (Fsp3) is 0.529. The van der Waals surface area contributed by atoms with Crippen LogP contribution in [0.4, 0.5) is 0 Å². The number of allylic oxidation sites excluding steroid dienone is 2. The summed E-state index contributed by atoms with van der Waals surface area (Å²) >= 11 is 0. The Bertz CT molecular complexity index is 721. The lowest BCUT2D eigenvalue weighted by molar-refractivity contribution is 0.0444. The Morgan fingerprint density at radius 1 is 1.19 bits per heavy atom. The summed E-state index contributed by atoms with van der Waals surface area (Å²) < 4.78 is 49.0. The third-order valence-corrected chi connectivity index (χ3v) is 7.34. The minimum Gasteiger partial charge on any atom is -0.374 e. The highest BCUT2D eigenvalue weighted by Crippen LogP contribution is 2.47. The largest absolute Gasteiger partial charge is 0.374 e. The molecule has 0 bridgehead atoms. The summed E-state index contributed by atoms with van der Waals surface area (Å²) in [7, 11) is -9.86.